The Morgan fingerprint density at radius 2 is 2.00 bits per heavy atom. The van der Waals surface area contributed by atoms with Gasteiger partial charge in [0, 0.05) is 5.56 Å². The van der Waals surface area contributed by atoms with Crippen LogP contribution in [0, 0.1) is 33.5 Å². The number of nitrogens with zero attached hydrogens (tertiary/aromatic N) is 2. The fourth-order valence-electron chi connectivity index (χ4n) is 5.11. The number of rotatable bonds is 3. The van der Waals surface area contributed by atoms with Gasteiger partial charge in [-0.15, -0.1) is 0 Å². The van der Waals surface area contributed by atoms with Crippen molar-refractivity contribution < 1.29 is 23.9 Å². The van der Waals surface area contributed by atoms with Crippen molar-refractivity contribution >= 4 is 5.84 Å². The van der Waals surface area contributed by atoms with Gasteiger partial charge in [0.1, 0.15) is 11.5 Å². The molecule has 2 fully saturated rings. The highest BCUT2D eigenvalue weighted by Crippen LogP contribution is 2.83. The van der Waals surface area contributed by atoms with E-state index in [4.69, 9.17) is 24.7 Å². The minimum absolute atomic E-state index is 0.160. The van der Waals surface area contributed by atoms with E-state index >= 15 is 0 Å². The Morgan fingerprint density at radius 3 is 2.52 bits per heavy atom. The normalized spacial score (nSPS) is 41.4. The van der Waals surface area contributed by atoms with Crippen LogP contribution < -0.4 is 20.2 Å². The summed E-state index contributed by atoms with van der Waals surface area (Å²) in [7, 11) is 3.09. The molecule has 8 heteroatoms. The van der Waals surface area contributed by atoms with Crippen LogP contribution in [-0.2, 0) is 14.9 Å². The minimum Gasteiger partial charge on any atom is -0.497 e. The average molecular weight is 369 g/mol. The van der Waals surface area contributed by atoms with E-state index in [1.54, 1.807) is 25.3 Å². The van der Waals surface area contributed by atoms with Gasteiger partial charge in [-0.2, -0.15) is 10.5 Å². The number of amidine groups is 1. The number of nitrogens with two attached hydrogens (primary N) is 1. The highest BCUT2D eigenvalue weighted by molar-refractivity contribution is 5.97. The largest absolute Gasteiger partial charge is 0.497 e. The minimum atomic E-state index is -1.50. The van der Waals surface area contributed by atoms with Crippen molar-refractivity contribution in [2.24, 2.45) is 16.6 Å². The van der Waals surface area contributed by atoms with E-state index in [1.807, 2.05) is 13.8 Å². The maximum absolute atomic E-state index is 10.3. The molecule has 1 aromatic rings. The molecule has 1 aliphatic carbocycles. The smallest absolute Gasteiger partial charge is 0.344 e. The number of nitrogens with one attached hydrogen (secondary N) is 1. The number of nitriles is 2. The molecule has 1 saturated heterocycles. The molecule has 0 unspecified atom stereocenters. The third-order valence-corrected chi connectivity index (χ3v) is 6.37. The Hall–Kier alpha value is -2.81. The van der Waals surface area contributed by atoms with E-state index in [-0.39, 0.29) is 18.5 Å². The zero-order chi connectivity index (χ0) is 19.7. The Balaban J connectivity index is 2.02. The van der Waals surface area contributed by atoms with Crippen molar-refractivity contribution in [3.05, 3.63) is 23.8 Å². The van der Waals surface area contributed by atoms with Gasteiger partial charge in [-0.25, -0.2) is 4.99 Å². The second-order valence-corrected chi connectivity index (χ2v) is 7.31. The zero-order valence-electron chi connectivity index (χ0n) is 15.6. The standard InChI is InChI=1S/C19H20N4O4/c1-11-8-26-19(27-11)18(10-21)16(2,17(18,9-20)15(22)23-19)13-7-12(24-3)5-6-14(13)25-4/h5-7,11H,8H2,1-4H3,(H2,22,23)/p+1/t11-,16-,17-,18+,19-/m0/s1. The molecule has 3 N–H and O–H groups in total. The molecule has 2 heterocycles. The highest BCUT2D eigenvalue weighted by Gasteiger charge is 3.04. The highest BCUT2D eigenvalue weighted by atomic mass is 16.8. The van der Waals surface area contributed by atoms with Crippen LogP contribution in [0.4, 0.5) is 0 Å². The molecule has 8 nitrogen and oxygen atoms in total. The number of fused-ring (bicyclic) bond motifs is 2. The molecule has 5 atom stereocenters. The summed E-state index contributed by atoms with van der Waals surface area (Å²) in [4.78, 5) is 2.97. The average Bonchev–Trinajstić information content (AvgIpc) is 2.85. The first kappa shape index (κ1) is 17.6. The van der Waals surface area contributed by atoms with E-state index in [2.05, 4.69) is 17.1 Å². The summed E-state index contributed by atoms with van der Waals surface area (Å²) in [5.74, 6) is -0.219. The van der Waals surface area contributed by atoms with Gasteiger partial charge in [0.05, 0.1) is 44.5 Å². The van der Waals surface area contributed by atoms with Gasteiger partial charge < -0.3 is 18.9 Å². The third-order valence-electron chi connectivity index (χ3n) is 6.37. The topological polar surface area (TPSA) is 124 Å². The van der Waals surface area contributed by atoms with Gasteiger partial charge in [-0.1, -0.05) is 6.92 Å². The van der Waals surface area contributed by atoms with Crippen LogP contribution in [-0.4, -0.2) is 38.7 Å². The Kier molecular flexibility index (Phi) is 3.34. The number of benzene rings is 1. The predicted molar refractivity (Wildman–Crippen MR) is 92.4 cm³/mol. The molecule has 4 rings (SSSR count). The van der Waals surface area contributed by atoms with E-state index in [0.717, 1.165) is 0 Å². The van der Waals surface area contributed by atoms with Gasteiger partial charge in [0.15, 0.2) is 10.8 Å². The Labute approximate surface area is 157 Å². The maximum Gasteiger partial charge on any atom is 0.344 e. The van der Waals surface area contributed by atoms with Gasteiger partial charge >= 0.3 is 5.91 Å². The summed E-state index contributed by atoms with van der Waals surface area (Å²) in [6, 6.07) is 9.91. The maximum atomic E-state index is 10.3. The van der Waals surface area contributed by atoms with E-state index < -0.39 is 22.2 Å². The molecule has 1 aromatic carbocycles. The van der Waals surface area contributed by atoms with Crippen LogP contribution in [0.25, 0.3) is 0 Å². The molecule has 0 radical (unpaired) electrons. The lowest BCUT2D eigenvalue weighted by molar-refractivity contribution is -0.679. The lowest BCUT2D eigenvalue weighted by atomic mass is 9.84. The molecule has 0 aromatic heterocycles. The second kappa shape index (κ2) is 5.13. The van der Waals surface area contributed by atoms with Crippen LogP contribution in [0.15, 0.2) is 18.2 Å². The Morgan fingerprint density at radius 1 is 1.26 bits per heavy atom. The van der Waals surface area contributed by atoms with E-state index in [9.17, 15) is 10.5 Å². The molecular weight excluding hydrogens is 348 g/mol. The number of ether oxygens (including phenoxy) is 4. The first-order valence-corrected chi connectivity index (χ1v) is 8.62. The SMILES string of the molecule is COc1ccc(OC)c([C@@]2(C)[C@]3(C#N)C(N)=[NH+][C@]4(OC[C@H](C)O4)[C@@]32C#N)c1. The van der Waals surface area contributed by atoms with Crippen LogP contribution in [0.1, 0.15) is 19.4 Å². The summed E-state index contributed by atoms with van der Waals surface area (Å²) >= 11 is 0. The number of methoxy groups -OCH3 is 2. The molecular formula is C19H21N4O4+. The lowest BCUT2D eigenvalue weighted by Crippen LogP contribution is -2.90. The summed E-state index contributed by atoms with van der Waals surface area (Å²) in [6.07, 6.45) is -0.248. The zero-order valence-corrected chi connectivity index (χ0v) is 15.6. The Bertz CT molecular complexity index is 950. The predicted octanol–water partition coefficient (Wildman–Crippen LogP) is -0.464. The van der Waals surface area contributed by atoms with Crippen LogP contribution in [0.5, 0.6) is 11.5 Å². The summed E-state index contributed by atoms with van der Waals surface area (Å²) in [5.41, 5.74) is 3.16. The van der Waals surface area contributed by atoms with Crippen LogP contribution in [0.3, 0.4) is 0 Å². The molecule has 140 valence electrons. The molecule has 3 aliphatic rings. The van der Waals surface area contributed by atoms with E-state index in [1.165, 1.54) is 7.11 Å². The van der Waals surface area contributed by atoms with Crippen LogP contribution >= 0.6 is 0 Å². The number of hydrogen-bond donors (Lipinski definition) is 2. The van der Waals surface area contributed by atoms with Gasteiger partial charge in [0.2, 0.25) is 0 Å². The fraction of sp³-hybridized carbons (Fsp3) is 0.526. The van der Waals surface area contributed by atoms with Crippen molar-refractivity contribution in [3.8, 4) is 23.6 Å². The molecule has 2 aliphatic heterocycles. The lowest BCUT2D eigenvalue weighted by Gasteiger charge is -2.28. The summed E-state index contributed by atoms with van der Waals surface area (Å²) in [5, 5.41) is 20.5. The molecule has 0 amide bonds. The second-order valence-electron chi connectivity index (χ2n) is 7.31. The monoisotopic (exact) mass is 369 g/mol. The molecule has 1 spiro atoms. The molecule has 27 heavy (non-hydrogen) atoms. The van der Waals surface area contributed by atoms with Crippen molar-refractivity contribution in [2.45, 2.75) is 31.3 Å². The van der Waals surface area contributed by atoms with Crippen molar-refractivity contribution in [1.82, 2.24) is 0 Å². The number of hydrogen-bond acceptors (Lipinski definition) is 7. The van der Waals surface area contributed by atoms with E-state index in [0.29, 0.717) is 17.1 Å². The van der Waals surface area contributed by atoms with Crippen LogP contribution in [0.2, 0.25) is 0 Å². The van der Waals surface area contributed by atoms with Crippen molar-refractivity contribution in [2.75, 3.05) is 20.8 Å². The summed E-state index contributed by atoms with van der Waals surface area (Å²) < 4.78 is 22.8. The quantitative estimate of drug-likeness (QED) is 0.738. The van der Waals surface area contributed by atoms with Gasteiger partial charge in [0.25, 0.3) is 5.84 Å². The third kappa shape index (κ3) is 1.54. The van der Waals surface area contributed by atoms with Crippen molar-refractivity contribution in [1.29, 1.82) is 10.5 Å². The molecule has 0 bridgehead atoms. The summed E-state index contributed by atoms with van der Waals surface area (Å²) in [6.45, 7) is 3.95. The van der Waals surface area contributed by atoms with Gasteiger partial charge in [-0.05, 0) is 25.1 Å². The van der Waals surface area contributed by atoms with Crippen molar-refractivity contribution in [3.63, 3.8) is 0 Å². The van der Waals surface area contributed by atoms with Gasteiger partial charge in [-0.3, -0.25) is 5.73 Å². The first-order chi connectivity index (χ1) is 12.8. The molecule has 1 saturated carbocycles. The first-order valence-electron chi connectivity index (χ1n) is 8.62. The fourth-order valence-corrected chi connectivity index (χ4v) is 5.11.